The molecule has 1 aliphatic rings. The van der Waals surface area contributed by atoms with E-state index in [-0.39, 0.29) is 16.6 Å². The second kappa shape index (κ2) is 7.73. The van der Waals surface area contributed by atoms with Crippen LogP contribution in [-0.4, -0.2) is 10.9 Å². The highest BCUT2D eigenvalue weighted by atomic mass is 16.3. The molecule has 0 saturated heterocycles. The average Bonchev–Trinajstić information content (AvgIpc) is 2.55. The number of carbonyl (C=O) groups is 1. The monoisotopic (exact) mass is 380 g/mol. The van der Waals surface area contributed by atoms with E-state index in [0.29, 0.717) is 5.75 Å². The summed E-state index contributed by atoms with van der Waals surface area (Å²) in [6.45, 7) is 18.7. The first kappa shape index (κ1) is 22.2. The standard InChI is InChI=1S/C26H36O2/c1-10-11-20(18-12-16(2)23(27)21(14-18)25(4,5)6)19-13-17(3)24(28)22(15-19)26(7,8)9/h12-15,27H,10-11H2,1-9H3. The number of hydrogen-bond donors (Lipinski definition) is 1. The zero-order chi connectivity index (χ0) is 21.4. The molecule has 1 aromatic rings. The molecule has 0 atom stereocenters. The largest absolute Gasteiger partial charge is 0.507 e. The van der Waals surface area contributed by atoms with Crippen LogP contribution in [0.15, 0.2) is 41.0 Å². The molecule has 0 fully saturated rings. The van der Waals surface area contributed by atoms with Crippen LogP contribution in [0.1, 0.15) is 84.9 Å². The van der Waals surface area contributed by atoms with Gasteiger partial charge in [0, 0.05) is 11.1 Å². The summed E-state index contributed by atoms with van der Waals surface area (Å²) in [7, 11) is 0. The van der Waals surface area contributed by atoms with Gasteiger partial charge in [0.15, 0.2) is 5.78 Å². The lowest BCUT2D eigenvalue weighted by Crippen LogP contribution is -2.21. The van der Waals surface area contributed by atoms with Crippen molar-refractivity contribution in [1.82, 2.24) is 0 Å². The fraction of sp³-hybridized carbons (Fsp3) is 0.500. The molecule has 0 heterocycles. The summed E-state index contributed by atoms with van der Waals surface area (Å²) >= 11 is 0. The number of phenols is 1. The molecular formula is C26H36O2. The van der Waals surface area contributed by atoms with Gasteiger partial charge in [-0.2, -0.15) is 0 Å². The Hall–Kier alpha value is -2.09. The fourth-order valence-corrected chi connectivity index (χ4v) is 3.74. The Bertz CT molecular complexity index is 878. The molecule has 0 saturated carbocycles. The van der Waals surface area contributed by atoms with Crippen molar-refractivity contribution < 1.29 is 9.90 Å². The van der Waals surface area contributed by atoms with E-state index in [1.165, 1.54) is 5.57 Å². The minimum atomic E-state index is -0.198. The lowest BCUT2D eigenvalue weighted by molar-refractivity contribution is -0.113. The smallest absolute Gasteiger partial charge is 0.185 e. The lowest BCUT2D eigenvalue weighted by atomic mass is 9.76. The number of hydrogen-bond acceptors (Lipinski definition) is 2. The topological polar surface area (TPSA) is 37.3 Å². The number of phenolic OH excluding ortho intramolecular Hbond substituents is 1. The van der Waals surface area contributed by atoms with E-state index in [1.807, 2.05) is 19.9 Å². The molecule has 0 amide bonds. The van der Waals surface area contributed by atoms with E-state index in [0.717, 1.165) is 46.3 Å². The molecule has 0 unspecified atom stereocenters. The Labute approximate surface area is 171 Å². The molecule has 0 spiro atoms. The fourth-order valence-electron chi connectivity index (χ4n) is 3.74. The highest BCUT2D eigenvalue weighted by molar-refractivity contribution is 6.11. The number of ketones is 1. The lowest BCUT2D eigenvalue weighted by Gasteiger charge is -2.27. The van der Waals surface area contributed by atoms with E-state index in [9.17, 15) is 9.90 Å². The normalized spacial score (nSPS) is 17.4. The maximum absolute atomic E-state index is 12.7. The zero-order valence-corrected chi connectivity index (χ0v) is 19.1. The number of carbonyl (C=O) groups excluding carboxylic acids is 1. The van der Waals surface area contributed by atoms with Gasteiger partial charge in [-0.05, 0) is 83.2 Å². The minimum absolute atomic E-state index is 0.143. The third kappa shape index (κ3) is 4.48. The number of aryl methyl sites for hydroxylation is 1. The predicted molar refractivity (Wildman–Crippen MR) is 120 cm³/mol. The summed E-state index contributed by atoms with van der Waals surface area (Å²) in [6.07, 6.45) is 6.05. The van der Waals surface area contributed by atoms with Crippen LogP contribution in [-0.2, 0) is 10.2 Å². The first-order valence-corrected chi connectivity index (χ1v) is 10.3. The van der Waals surface area contributed by atoms with Crippen molar-refractivity contribution in [3.8, 4) is 5.75 Å². The molecule has 1 aromatic carbocycles. The second-order valence-corrected chi connectivity index (χ2v) is 10.1. The summed E-state index contributed by atoms with van der Waals surface area (Å²) in [5.74, 6) is 0.526. The molecule has 0 bridgehead atoms. The molecular weight excluding hydrogens is 344 g/mol. The Morgan fingerprint density at radius 1 is 0.964 bits per heavy atom. The molecule has 2 rings (SSSR count). The van der Waals surface area contributed by atoms with Crippen LogP contribution < -0.4 is 0 Å². The van der Waals surface area contributed by atoms with Crippen molar-refractivity contribution in [3.05, 3.63) is 57.7 Å². The number of Topliss-reactive ketones (excluding diaryl/α,β-unsaturated/α-hetero) is 1. The second-order valence-electron chi connectivity index (χ2n) is 10.1. The van der Waals surface area contributed by atoms with Gasteiger partial charge in [-0.1, -0.05) is 54.9 Å². The van der Waals surface area contributed by atoms with Crippen molar-refractivity contribution in [2.75, 3.05) is 0 Å². The molecule has 28 heavy (non-hydrogen) atoms. The Morgan fingerprint density at radius 3 is 2.07 bits per heavy atom. The van der Waals surface area contributed by atoms with Gasteiger partial charge in [0.2, 0.25) is 0 Å². The van der Waals surface area contributed by atoms with E-state index >= 15 is 0 Å². The Kier molecular flexibility index (Phi) is 6.13. The molecule has 0 aliphatic heterocycles. The minimum Gasteiger partial charge on any atom is -0.507 e. The van der Waals surface area contributed by atoms with Gasteiger partial charge in [-0.3, -0.25) is 4.79 Å². The van der Waals surface area contributed by atoms with E-state index in [1.54, 1.807) is 0 Å². The molecule has 0 radical (unpaired) electrons. The first-order chi connectivity index (χ1) is 12.8. The molecule has 1 aliphatic carbocycles. The maximum Gasteiger partial charge on any atom is 0.185 e. The van der Waals surface area contributed by atoms with Gasteiger partial charge in [0.25, 0.3) is 0 Å². The molecule has 2 heteroatoms. The summed E-state index contributed by atoms with van der Waals surface area (Å²) < 4.78 is 0. The average molecular weight is 381 g/mol. The summed E-state index contributed by atoms with van der Waals surface area (Å²) in [6, 6.07) is 4.21. The van der Waals surface area contributed by atoms with Crippen LogP contribution in [0, 0.1) is 12.3 Å². The Morgan fingerprint density at radius 2 is 1.57 bits per heavy atom. The SMILES string of the molecule is CCCC(=C1C=C(C)C(=O)C(C(C)(C)C)=C1)c1cc(C)c(O)c(C(C)(C)C)c1. The number of allylic oxidation sites excluding steroid dienone is 6. The van der Waals surface area contributed by atoms with Gasteiger partial charge in [0.1, 0.15) is 5.75 Å². The number of rotatable bonds is 3. The van der Waals surface area contributed by atoms with E-state index in [4.69, 9.17) is 0 Å². The van der Waals surface area contributed by atoms with Gasteiger partial charge in [-0.15, -0.1) is 0 Å². The van der Waals surface area contributed by atoms with Crippen LogP contribution in [0.25, 0.3) is 5.57 Å². The first-order valence-electron chi connectivity index (χ1n) is 10.3. The molecule has 152 valence electrons. The van der Waals surface area contributed by atoms with Crippen molar-refractivity contribution >= 4 is 11.4 Å². The van der Waals surface area contributed by atoms with Crippen LogP contribution in [0.4, 0.5) is 0 Å². The Balaban J connectivity index is 2.80. The molecule has 1 N–H and O–H groups in total. The van der Waals surface area contributed by atoms with Crippen LogP contribution in [0.5, 0.6) is 5.75 Å². The van der Waals surface area contributed by atoms with Crippen molar-refractivity contribution in [1.29, 1.82) is 0 Å². The summed E-state index contributed by atoms with van der Waals surface area (Å²) in [5, 5.41) is 10.6. The third-order valence-corrected chi connectivity index (χ3v) is 5.39. The van der Waals surface area contributed by atoms with E-state index in [2.05, 4.69) is 66.7 Å². The summed E-state index contributed by atoms with van der Waals surface area (Å²) in [5.41, 5.74) is 6.67. The van der Waals surface area contributed by atoms with E-state index < -0.39 is 0 Å². The van der Waals surface area contributed by atoms with Crippen molar-refractivity contribution in [2.24, 2.45) is 5.41 Å². The zero-order valence-electron chi connectivity index (χ0n) is 19.1. The predicted octanol–water partition coefficient (Wildman–Crippen LogP) is 7.05. The highest BCUT2D eigenvalue weighted by Crippen LogP contribution is 2.40. The van der Waals surface area contributed by atoms with Crippen molar-refractivity contribution in [2.45, 2.75) is 80.6 Å². The maximum atomic E-state index is 12.7. The summed E-state index contributed by atoms with van der Waals surface area (Å²) in [4.78, 5) is 12.7. The molecule has 2 nitrogen and oxygen atoms in total. The van der Waals surface area contributed by atoms with Gasteiger partial charge in [0.05, 0.1) is 0 Å². The van der Waals surface area contributed by atoms with Gasteiger partial charge < -0.3 is 5.11 Å². The van der Waals surface area contributed by atoms with Crippen LogP contribution >= 0.6 is 0 Å². The number of benzene rings is 1. The van der Waals surface area contributed by atoms with Gasteiger partial charge in [-0.25, -0.2) is 0 Å². The quantitative estimate of drug-likeness (QED) is 0.610. The van der Waals surface area contributed by atoms with Gasteiger partial charge >= 0.3 is 0 Å². The van der Waals surface area contributed by atoms with Crippen molar-refractivity contribution in [3.63, 3.8) is 0 Å². The number of aromatic hydroxyl groups is 1. The van der Waals surface area contributed by atoms with Crippen LogP contribution in [0.2, 0.25) is 0 Å². The third-order valence-electron chi connectivity index (χ3n) is 5.39. The van der Waals surface area contributed by atoms with Crippen LogP contribution in [0.3, 0.4) is 0 Å². The highest BCUT2D eigenvalue weighted by Gasteiger charge is 2.28. The molecule has 0 aromatic heterocycles.